The highest BCUT2D eigenvalue weighted by atomic mass is 16.7. The van der Waals surface area contributed by atoms with Gasteiger partial charge < -0.3 is 48.2 Å². The number of ether oxygens (including phenoxy) is 7. The lowest BCUT2D eigenvalue weighted by Crippen LogP contribution is -2.52. The second-order valence-electron chi connectivity index (χ2n) is 12.8. The van der Waals surface area contributed by atoms with Gasteiger partial charge in [0.2, 0.25) is 18.3 Å². The lowest BCUT2D eigenvalue weighted by atomic mass is 10.0. The van der Waals surface area contributed by atoms with E-state index in [0.29, 0.717) is 6.42 Å². The summed E-state index contributed by atoms with van der Waals surface area (Å²) in [5.74, 6) is -12.8. The highest BCUT2D eigenvalue weighted by molar-refractivity contribution is 5.89. The van der Waals surface area contributed by atoms with E-state index in [2.05, 4.69) is 16.4 Å². The van der Waals surface area contributed by atoms with E-state index in [-0.39, 0.29) is 6.42 Å². The molecular formula is C37H57O18-. The van der Waals surface area contributed by atoms with Crippen molar-refractivity contribution in [2.24, 2.45) is 0 Å². The number of carboxylic acids is 2. The summed E-state index contributed by atoms with van der Waals surface area (Å²) in [6.07, 6.45) is 5.33. The smallest absolute Gasteiger partial charge is 0.352 e. The van der Waals surface area contributed by atoms with E-state index < -0.39 is 97.5 Å². The van der Waals surface area contributed by atoms with Crippen molar-refractivity contribution in [2.75, 3.05) is 13.2 Å². The molecule has 0 heterocycles. The predicted octanol–water partition coefficient (Wildman–Crippen LogP) is 2.81. The van der Waals surface area contributed by atoms with E-state index in [1.807, 2.05) is 0 Å². The number of aliphatic carboxylic acids is 2. The summed E-state index contributed by atoms with van der Waals surface area (Å²) >= 11 is 0. The molecule has 0 aromatic rings. The molecule has 1 N–H and O–H groups in total. The van der Waals surface area contributed by atoms with Gasteiger partial charge in [-0.05, 0) is 6.42 Å². The zero-order valence-electron chi connectivity index (χ0n) is 32.5. The van der Waals surface area contributed by atoms with Gasteiger partial charge in [0, 0.05) is 34.1 Å². The van der Waals surface area contributed by atoms with Crippen LogP contribution in [0.2, 0.25) is 0 Å². The maximum atomic E-state index is 13.1. The third kappa shape index (κ3) is 25.0. The fraction of sp³-hybridized carbons (Fsp3) is 0.757. The first-order chi connectivity index (χ1) is 26.0. The molecule has 0 aliphatic carbocycles. The van der Waals surface area contributed by atoms with Crippen LogP contribution in [0.15, 0.2) is 0 Å². The second kappa shape index (κ2) is 29.6. The molecule has 5 atom stereocenters. The molecule has 0 saturated carbocycles. The van der Waals surface area contributed by atoms with Gasteiger partial charge in [-0.1, -0.05) is 96.8 Å². The first kappa shape index (κ1) is 50.2. The van der Waals surface area contributed by atoms with Crippen LogP contribution < -0.4 is 5.11 Å². The van der Waals surface area contributed by atoms with Crippen LogP contribution in [-0.2, 0) is 76.3 Å². The summed E-state index contributed by atoms with van der Waals surface area (Å²) in [6, 6.07) is 0. The normalized spacial score (nSPS) is 13.5. The van der Waals surface area contributed by atoms with Gasteiger partial charge in [-0.15, -0.1) is 0 Å². The molecule has 314 valence electrons. The van der Waals surface area contributed by atoms with Crippen molar-refractivity contribution in [1.29, 1.82) is 0 Å². The summed E-state index contributed by atoms with van der Waals surface area (Å²) < 4.78 is 33.8. The van der Waals surface area contributed by atoms with Crippen LogP contribution in [0.5, 0.6) is 0 Å². The summed E-state index contributed by atoms with van der Waals surface area (Å²) in [7, 11) is 0. The molecule has 0 saturated heterocycles. The van der Waals surface area contributed by atoms with E-state index in [0.717, 1.165) is 59.8 Å². The maximum Gasteiger partial charge on any atom is 0.352 e. The summed E-state index contributed by atoms with van der Waals surface area (Å²) in [4.78, 5) is 108. The first-order valence-corrected chi connectivity index (χ1v) is 18.6. The zero-order valence-corrected chi connectivity index (χ0v) is 32.5. The van der Waals surface area contributed by atoms with Crippen LogP contribution in [0.3, 0.4) is 0 Å². The van der Waals surface area contributed by atoms with Crippen LogP contribution in [0, 0.1) is 0 Å². The van der Waals surface area contributed by atoms with Gasteiger partial charge in [-0.3, -0.25) is 24.0 Å². The Balaban J connectivity index is 5.44. The van der Waals surface area contributed by atoms with Crippen LogP contribution in [0.25, 0.3) is 0 Å². The summed E-state index contributed by atoms with van der Waals surface area (Å²) in [6.45, 7) is 3.59. The van der Waals surface area contributed by atoms with Gasteiger partial charge >= 0.3 is 47.8 Å². The number of unbranched alkanes of at least 4 members (excludes halogenated alkanes) is 14. The third-order valence-corrected chi connectivity index (χ3v) is 7.77. The van der Waals surface area contributed by atoms with E-state index in [1.54, 1.807) is 0 Å². The van der Waals surface area contributed by atoms with Crippen LogP contribution in [0.1, 0.15) is 137 Å². The topological polar surface area (TPSA) is 262 Å². The molecule has 5 unspecified atom stereocenters. The monoisotopic (exact) mass is 789 g/mol. The van der Waals surface area contributed by atoms with Crippen molar-refractivity contribution < 1.29 is 86.5 Å². The third-order valence-electron chi connectivity index (χ3n) is 7.77. The molecule has 0 bridgehead atoms. The average molecular weight is 790 g/mol. The number of carboxylic acid groups (broad SMARTS) is 2. The Morgan fingerprint density at radius 3 is 1.24 bits per heavy atom. The summed E-state index contributed by atoms with van der Waals surface area (Å²) in [5.41, 5.74) is 0. The fourth-order valence-electron chi connectivity index (χ4n) is 5.16. The minimum atomic E-state index is -2.49. The lowest BCUT2D eigenvalue weighted by molar-refractivity contribution is -0.319. The molecular weight excluding hydrogens is 732 g/mol. The molecule has 0 aliphatic rings. The lowest BCUT2D eigenvalue weighted by Gasteiger charge is -2.27. The van der Waals surface area contributed by atoms with Gasteiger partial charge in [0.05, 0.1) is 5.97 Å². The molecule has 0 radical (unpaired) electrons. The molecule has 0 spiro atoms. The quantitative estimate of drug-likeness (QED) is 0.0601. The van der Waals surface area contributed by atoms with Crippen LogP contribution in [-0.4, -0.2) is 103 Å². The molecule has 55 heavy (non-hydrogen) atoms. The van der Waals surface area contributed by atoms with Crippen molar-refractivity contribution in [3.63, 3.8) is 0 Å². The van der Waals surface area contributed by atoms with E-state index >= 15 is 0 Å². The Morgan fingerprint density at radius 2 is 0.836 bits per heavy atom. The Hall–Kier alpha value is -4.77. The Morgan fingerprint density at radius 1 is 0.473 bits per heavy atom. The minimum absolute atomic E-state index is 0.0365. The molecule has 18 nitrogen and oxygen atoms in total. The van der Waals surface area contributed by atoms with Gasteiger partial charge in [-0.25, -0.2) is 14.4 Å². The molecule has 0 amide bonds. The number of hydrogen-bond donors (Lipinski definition) is 1. The molecule has 0 fully saturated rings. The molecule has 0 aromatic heterocycles. The van der Waals surface area contributed by atoms with Crippen LogP contribution >= 0.6 is 0 Å². The maximum absolute atomic E-state index is 13.1. The number of hydrogen-bond acceptors (Lipinski definition) is 17. The fourth-order valence-corrected chi connectivity index (χ4v) is 5.16. The van der Waals surface area contributed by atoms with Gasteiger partial charge in [0.15, 0.2) is 12.2 Å². The number of carbonyl (C=O) groups is 9. The van der Waals surface area contributed by atoms with Crippen molar-refractivity contribution in [3.8, 4) is 0 Å². The Bertz CT molecular complexity index is 1250. The summed E-state index contributed by atoms with van der Waals surface area (Å²) in [5, 5.41) is 21.1. The highest BCUT2D eigenvalue weighted by Crippen LogP contribution is 2.16. The number of esters is 7. The Labute approximate surface area is 321 Å². The number of carbonyl (C=O) groups excluding carboxylic acids is 8. The highest BCUT2D eigenvalue weighted by Gasteiger charge is 2.42. The van der Waals surface area contributed by atoms with Gasteiger partial charge in [-0.2, -0.15) is 0 Å². The largest absolute Gasteiger partial charge is 0.546 e. The van der Waals surface area contributed by atoms with Crippen molar-refractivity contribution in [3.05, 3.63) is 0 Å². The predicted molar refractivity (Wildman–Crippen MR) is 186 cm³/mol. The van der Waals surface area contributed by atoms with Crippen molar-refractivity contribution in [2.45, 2.75) is 168 Å². The van der Waals surface area contributed by atoms with Gasteiger partial charge in [0.1, 0.15) is 13.2 Å². The average Bonchev–Trinajstić information content (AvgIpc) is 3.09. The Kier molecular flexibility index (Phi) is 27.0. The number of rotatable bonds is 31. The second-order valence-corrected chi connectivity index (χ2v) is 12.8. The first-order valence-electron chi connectivity index (χ1n) is 18.6. The zero-order chi connectivity index (χ0) is 41.8. The van der Waals surface area contributed by atoms with Gasteiger partial charge in [0.25, 0.3) is 0 Å². The van der Waals surface area contributed by atoms with E-state index in [9.17, 15) is 53.4 Å². The molecule has 18 heteroatoms. The van der Waals surface area contributed by atoms with Crippen molar-refractivity contribution in [1.82, 2.24) is 0 Å². The molecule has 0 rings (SSSR count). The minimum Gasteiger partial charge on any atom is -0.546 e. The standard InChI is InChI=1S/C37H58O18/c1-6-7-8-9-10-11-12-13-14-15-16-17-18-19-20-21-29(42)49-22-28(55-37(48)33(54-27(5)41)31(35(45)46)52-25(3)39)23-50-36(47)32(53-26(4)40)30(34(43)44)51-24(2)38/h28,30-33H,6-23H2,1-5H3,(H,43,44)(H,45,46)/p-1. The molecule has 0 aliphatic heterocycles. The van der Waals surface area contributed by atoms with E-state index in [4.69, 9.17) is 23.7 Å². The van der Waals surface area contributed by atoms with E-state index in [1.165, 1.54) is 57.8 Å². The molecule has 0 aromatic carbocycles. The van der Waals surface area contributed by atoms with Crippen molar-refractivity contribution >= 4 is 53.7 Å². The SMILES string of the molecule is CCCCCCCCCCCCCCCCCC(=O)OCC(COC(=O)C(OC(C)=O)C(OC(C)=O)C(=O)O)OC(=O)C(OC(C)=O)C(OC(C)=O)C(=O)[O-]. The van der Waals surface area contributed by atoms with Crippen LogP contribution in [0.4, 0.5) is 0 Å².